The van der Waals surface area contributed by atoms with Gasteiger partial charge in [-0.15, -0.1) is 0 Å². The van der Waals surface area contributed by atoms with Crippen molar-refractivity contribution >= 4 is 5.91 Å². The fourth-order valence-corrected chi connectivity index (χ4v) is 4.06. The summed E-state index contributed by atoms with van der Waals surface area (Å²) in [7, 11) is 3.99. The first-order valence-corrected chi connectivity index (χ1v) is 9.40. The number of carbonyl (C=O) groups excluding carboxylic acids is 1. The molecular formula is C20H31N3O2. The number of hydrogen-bond donors (Lipinski definition) is 0. The van der Waals surface area contributed by atoms with Gasteiger partial charge in [-0.05, 0) is 45.0 Å². The van der Waals surface area contributed by atoms with Gasteiger partial charge in [0.25, 0.3) is 0 Å². The van der Waals surface area contributed by atoms with E-state index >= 15 is 0 Å². The van der Waals surface area contributed by atoms with Gasteiger partial charge in [-0.2, -0.15) is 0 Å². The highest BCUT2D eigenvalue weighted by molar-refractivity contribution is 5.83. The van der Waals surface area contributed by atoms with Crippen LogP contribution in [0.5, 0.6) is 0 Å². The molecule has 1 aromatic rings. The Labute approximate surface area is 151 Å². The van der Waals surface area contributed by atoms with Crippen LogP contribution in [0.25, 0.3) is 0 Å². The Morgan fingerprint density at radius 2 is 1.76 bits per heavy atom. The van der Waals surface area contributed by atoms with Gasteiger partial charge in [0.15, 0.2) is 0 Å². The Hall–Kier alpha value is -1.43. The van der Waals surface area contributed by atoms with E-state index in [1.54, 1.807) is 0 Å². The van der Waals surface area contributed by atoms with Crippen LogP contribution in [0.2, 0.25) is 0 Å². The molecule has 2 heterocycles. The molecule has 2 aliphatic rings. The zero-order valence-electron chi connectivity index (χ0n) is 15.8. The molecule has 0 aliphatic carbocycles. The molecule has 1 amide bonds. The topological polar surface area (TPSA) is 36.0 Å². The fourth-order valence-electron chi connectivity index (χ4n) is 4.06. The molecule has 2 fully saturated rings. The second-order valence-electron chi connectivity index (χ2n) is 7.43. The Kier molecular flexibility index (Phi) is 6.10. The lowest BCUT2D eigenvalue weighted by molar-refractivity contribution is -0.138. The zero-order chi connectivity index (χ0) is 17.8. The molecule has 0 N–H and O–H groups in total. The largest absolute Gasteiger partial charge is 0.381 e. The average Bonchev–Trinajstić information content (AvgIpc) is 2.64. The molecule has 0 radical (unpaired) electrons. The van der Waals surface area contributed by atoms with Gasteiger partial charge in [0.2, 0.25) is 5.91 Å². The first kappa shape index (κ1) is 18.4. The number of aryl methyl sites for hydroxylation is 1. The molecule has 1 unspecified atom stereocenters. The lowest BCUT2D eigenvalue weighted by atomic mass is 9.99. The number of rotatable bonds is 4. The molecule has 0 spiro atoms. The van der Waals surface area contributed by atoms with Crippen LogP contribution in [-0.4, -0.2) is 80.1 Å². The molecule has 0 saturated carbocycles. The summed E-state index contributed by atoms with van der Waals surface area (Å²) in [4.78, 5) is 19.9. The van der Waals surface area contributed by atoms with Gasteiger partial charge in [-0.3, -0.25) is 14.6 Å². The van der Waals surface area contributed by atoms with Gasteiger partial charge < -0.3 is 9.64 Å². The van der Waals surface area contributed by atoms with E-state index in [1.807, 2.05) is 36.0 Å². The van der Waals surface area contributed by atoms with Crippen LogP contribution in [0, 0.1) is 6.92 Å². The third kappa shape index (κ3) is 4.22. The van der Waals surface area contributed by atoms with Crippen molar-refractivity contribution in [2.24, 2.45) is 0 Å². The van der Waals surface area contributed by atoms with Gasteiger partial charge in [-0.1, -0.05) is 24.3 Å². The SMILES string of the molecule is Cc1ccccc1C(C(=O)N1CCN(C2CCOCC2)CC1)N(C)C. The number of benzene rings is 1. The van der Waals surface area contributed by atoms with Crippen LogP contribution >= 0.6 is 0 Å². The van der Waals surface area contributed by atoms with E-state index in [-0.39, 0.29) is 11.9 Å². The molecule has 0 aromatic heterocycles. The summed E-state index contributed by atoms with van der Waals surface area (Å²) in [6, 6.07) is 8.65. The van der Waals surface area contributed by atoms with Crippen molar-refractivity contribution in [3.8, 4) is 0 Å². The quantitative estimate of drug-likeness (QED) is 0.835. The minimum Gasteiger partial charge on any atom is -0.381 e. The fraction of sp³-hybridized carbons (Fsp3) is 0.650. The number of hydrogen-bond acceptors (Lipinski definition) is 4. The second-order valence-corrected chi connectivity index (χ2v) is 7.43. The molecule has 0 bridgehead atoms. The molecular weight excluding hydrogens is 314 g/mol. The third-order valence-electron chi connectivity index (χ3n) is 5.57. The van der Waals surface area contributed by atoms with Crippen molar-refractivity contribution in [1.82, 2.24) is 14.7 Å². The van der Waals surface area contributed by atoms with Crippen molar-refractivity contribution < 1.29 is 9.53 Å². The summed E-state index contributed by atoms with van der Waals surface area (Å²) in [5, 5.41) is 0. The summed E-state index contributed by atoms with van der Waals surface area (Å²) in [6.45, 7) is 7.44. The molecule has 5 nitrogen and oxygen atoms in total. The van der Waals surface area contributed by atoms with Gasteiger partial charge >= 0.3 is 0 Å². The minimum absolute atomic E-state index is 0.198. The monoisotopic (exact) mass is 345 g/mol. The average molecular weight is 345 g/mol. The Balaban J connectivity index is 1.65. The van der Waals surface area contributed by atoms with Gasteiger partial charge in [0, 0.05) is 45.4 Å². The predicted octanol–water partition coefficient (Wildman–Crippen LogP) is 1.92. The van der Waals surface area contributed by atoms with Crippen LogP contribution < -0.4 is 0 Å². The first-order chi connectivity index (χ1) is 12.1. The summed E-state index contributed by atoms with van der Waals surface area (Å²) in [5.74, 6) is 0.228. The lowest BCUT2D eigenvalue weighted by Gasteiger charge is -2.42. The highest BCUT2D eigenvalue weighted by atomic mass is 16.5. The minimum atomic E-state index is -0.198. The zero-order valence-corrected chi connectivity index (χ0v) is 15.8. The molecule has 2 saturated heterocycles. The number of nitrogens with zero attached hydrogens (tertiary/aromatic N) is 3. The van der Waals surface area contributed by atoms with Crippen molar-refractivity contribution in [3.63, 3.8) is 0 Å². The van der Waals surface area contributed by atoms with Crippen LogP contribution in [0.1, 0.15) is 30.0 Å². The maximum Gasteiger partial charge on any atom is 0.244 e. The molecule has 2 aliphatic heterocycles. The van der Waals surface area contributed by atoms with E-state index < -0.39 is 0 Å². The van der Waals surface area contributed by atoms with Gasteiger partial charge in [-0.25, -0.2) is 0 Å². The van der Waals surface area contributed by atoms with Crippen molar-refractivity contribution in [3.05, 3.63) is 35.4 Å². The number of amides is 1. The lowest BCUT2D eigenvalue weighted by Crippen LogP contribution is -2.54. The summed E-state index contributed by atoms with van der Waals surface area (Å²) < 4.78 is 5.47. The Morgan fingerprint density at radius 3 is 2.36 bits per heavy atom. The first-order valence-electron chi connectivity index (χ1n) is 9.40. The van der Waals surface area contributed by atoms with Crippen molar-refractivity contribution in [1.29, 1.82) is 0 Å². The normalized spacial score (nSPS) is 21.5. The predicted molar refractivity (Wildman–Crippen MR) is 99.6 cm³/mol. The molecule has 1 aromatic carbocycles. The molecule has 138 valence electrons. The van der Waals surface area contributed by atoms with E-state index in [9.17, 15) is 4.79 Å². The van der Waals surface area contributed by atoms with E-state index in [1.165, 1.54) is 5.56 Å². The Morgan fingerprint density at radius 1 is 1.12 bits per heavy atom. The molecule has 1 atom stereocenters. The van der Waals surface area contributed by atoms with Crippen LogP contribution in [-0.2, 0) is 9.53 Å². The number of carbonyl (C=O) groups is 1. The van der Waals surface area contributed by atoms with Crippen molar-refractivity contribution in [2.45, 2.75) is 31.8 Å². The van der Waals surface area contributed by atoms with E-state index in [4.69, 9.17) is 4.74 Å². The van der Waals surface area contributed by atoms with Crippen LogP contribution in [0.15, 0.2) is 24.3 Å². The summed E-state index contributed by atoms with van der Waals surface area (Å²) >= 11 is 0. The smallest absolute Gasteiger partial charge is 0.244 e. The highest BCUT2D eigenvalue weighted by Crippen LogP contribution is 2.25. The summed E-state index contributed by atoms with van der Waals surface area (Å²) in [5.41, 5.74) is 2.29. The van der Waals surface area contributed by atoms with Crippen molar-refractivity contribution in [2.75, 3.05) is 53.5 Å². The maximum absolute atomic E-state index is 13.2. The molecule has 5 heteroatoms. The Bertz CT molecular complexity index is 576. The molecule has 3 rings (SSSR count). The maximum atomic E-state index is 13.2. The van der Waals surface area contributed by atoms with E-state index in [0.717, 1.165) is 57.8 Å². The number of ether oxygens (including phenoxy) is 1. The number of piperazine rings is 1. The highest BCUT2D eigenvalue weighted by Gasteiger charge is 2.32. The second kappa shape index (κ2) is 8.30. The third-order valence-corrected chi connectivity index (χ3v) is 5.57. The van der Waals surface area contributed by atoms with Crippen LogP contribution in [0.3, 0.4) is 0 Å². The molecule has 25 heavy (non-hydrogen) atoms. The summed E-state index contributed by atoms with van der Waals surface area (Å²) in [6.07, 6.45) is 2.24. The standard InChI is InChI=1S/C20H31N3O2/c1-16-6-4-5-7-18(16)19(21(2)3)20(24)23-12-10-22(11-13-23)17-8-14-25-15-9-17/h4-7,17,19H,8-15H2,1-3H3. The van der Waals surface area contributed by atoms with Gasteiger partial charge in [0.05, 0.1) is 0 Å². The van der Waals surface area contributed by atoms with Gasteiger partial charge in [0.1, 0.15) is 6.04 Å². The number of likely N-dealkylation sites (N-methyl/N-ethyl adjacent to an activating group) is 1. The van der Waals surface area contributed by atoms with E-state index in [0.29, 0.717) is 6.04 Å². The van der Waals surface area contributed by atoms with Crippen LogP contribution in [0.4, 0.5) is 0 Å². The van der Waals surface area contributed by atoms with E-state index in [2.05, 4.69) is 24.0 Å².